The van der Waals surface area contributed by atoms with E-state index in [1.165, 1.54) is 12.1 Å². The Kier molecular flexibility index (Phi) is 8.31. The predicted molar refractivity (Wildman–Crippen MR) is 143 cm³/mol. The lowest BCUT2D eigenvalue weighted by Crippen LogP contribution is -2.33. The number of fused-ring (bicyclic) bond motifs is 2. The van der Waals surface area contributed by atoms with Gasteiger partial charge in [0.25, 0.3) is 5.91 Å². The molecular weight excluding hydrogens is 513 g/mol. The Hall–Kier alpha value is -3.61. The highest BCUT2D eigenvalue weighted by Gasteiger charge is 2.26. The Morgan fingerprint density at radius 3 is 2.49 bits per heavy atom. The molecule has 6 nitrogen and oxygen atoms in total. The largest absolute Gasteiger partial charge is 0.486 e. The van der Waals surface area contributed by atoms with Gasteiger partial charge in [0.1, 0.15) is 23.1 Å². The quantitative estimate of drug-likeness (QED) is 0.214. The molecule has 0 bridgehead atoms. The minimum atomic E-state index is -0.403. The Morgan fingerprint density at radius 2 is 1.73 bits per heavy atom. The lowest BCUT2D eigenvalue weighted by Gasteiger charge is -2.22. The van der Waals surface area contributed by atoms with Crippen LogP contribution in [0.2, 0.25) is 10.0 Å². The van der Waals surface area contributed by atoms with Crippen LogP contribution in [0.5, 0.6) is 11.5 Å². The predicted octanol–water partition coefficient (Wildman–Crippen LogP) is 5.71. The average molecular weight is 538 g/mol. The zero-order valence-corrected chi connectivity index (χ0v) is 21.7. The van der Waals surface area contributed by atoms with E-state index in [1.54, 1.807) is 13.0 Å². The van der Waals surface area contributed by atoms with Crippen LogP contribution in [0.1, 0.15) is 45.6 Å². The summed E-state index contributed by atoms with van der Waals surface area (Å²) >= 11 is 12.6. The van der Waals surface area contributed by atoms with Crippen molar-refractivity contribution in [2.75, 3.05) is 13.2 Å². The Balaban J connectivity index is 1.55. The van der Waals surface area contributed by atoms with E-state index in [4.69, 9.17) is 32.7 Å². The number of rotatable bonds is 9. The number of allylic oxidation sites excluding steroid dienone is 1. The molecule has 0 radical (unpaired) electrons. The summed E-state index contributed by atoms with van der Waals surface area (Å²) in [5.41, 5.74) is 4.66. The molecule has 0 spiro atoms. The summed E-state index contributed by atoms with van der Waals surface area (Å²) in [4.78, 5) is 36.0. The number of ether oxygens (including phenoxy) is 2. The van der Waals surface area contributed by atoms with Crippen LogP contribution in [0, 0.1) is 0 Å². The van der Waals surface area contributed by atoms with E-state index in [0.717, 1.165) is 35.1 Å². The van der Waals surface area contributed by atoms with Gasteiger partial charge in [0.2, 0.25) is 0 Å². The molecule has 1 aliphatic rings. The van der Waals surface area contributed by atoms with Gasteiger partial charge in [-0.05, 0) is 71.9 Å². The lowest BCUT2D eigenvalue weighted by molar-refractivity contribution is -0.123. The van der Waals surface area contributed by atoms with Crippen molar-refractivity contribution < 1.29 is 23.9 Å². The van der Waals surface area contributed by atoms with Gasteiger partial charge in [-0.25, -0.2) is 0 Å². The van der Waals surface area contributed by atoms with Gasteiger partial charge in [0, 0.05) is 5.56 Å². The van der Waals surface area contributed by atoms with Crippen molar-refractivity contribution in [2.45, 2.75) is 25.8 Å². The first-order valence-corrected chi connectivity index (χ1v) is 12.4. The summed E-state index contributed by atoms with van der Waals surface area (Å²) in [5.74, 6) is 0.119. The van der Waals surface area contributed by atoms with E-state index < -0.39 is 6.04 Å². The number of halogens is 2. The van der Waals surface area contributed by atoms with Gasteiger partial charge in [0.15, 0.2) is 18.7 Å². The maximum absolute atomic E-state index is 13.0. The Bertz CT molecular complexity index is 1380. The topological polar surface area (TPSA) is 81.7 Å². The van der Waals surface area contributed by atoms with Gasteiger partial charge in [-0.2, -0.15) is 0 Å². The molecule has 37 heavy (non-hydrogen) atoms. The van der Waals surface area contributed by atoms with Crippen molar-refractivity contribution in [3.8, 4) is 11.5 Å². The first-order chi connectivity index (χ1) is 17.8. The first-order valence-electron chi connectivity index (χ1n) is 11.7. The number of carbonyl (C=O) groups excluding carboxylic acids is 3. The number of hydrogen-bond donors (Lipinski definition) is 1. The molecule has 0 heterocycles. The molecule has 0 aromatic heterocycles. The maximum Gasteiger partial charge on any atom is 0.258 e. The van der Waals surface area contributed by atoms with Gasteiger partial charge in [0.05, 0.1) is 11.1 Å². The number of hydrogen-bond acceptors (Lipinski definition) is 5. The second kappa shape index (κ2) is 11.6. The van der Waals surface area contributed by atoms with Gasteiger partial charge in [-0.3, -0.25) is 14.4 Å². The number of nitrogens with one attached hydrogen (secondary N) is 1. The van der Waals surface area contributed by atoms with Crippen molar-refractivity contribution in [3.05, 3.63) is 105 Å². The highest BCUT2D eigenvalue weighted by molar-refractivity contribution is 6.45. The van der Waals surface area contributed by atoms with Crippen LogP contribution in [0.15, 0.2) is 66.7 Å². The minimum Gasteiger partial charge on any atom is -0.486 e. The number of amides is 1. The molecule has 190 valence electrons. The fourth-order valence-corrected chi connectivity index (χ4v) is 4.79. The molecule has 3 aromatic rings. The summed E-state index contributed by atoms with van der Waals surface area (Å²) in [6.07, 6.45) is 2.26. The maximum atomic E-state index is 13.0. The smallest absolute Gasteiger partial charge is 0.258 e. The number of aldehydes is 1. The van der Waals surface area contributed by atoms with Crippen LogP contribution in [-0.2, 0) is 22.4 Å². The van der Waals surface area contributed by atoms with E-state index in [2.05, 4.69) is 18.0 Å². The molecule has 3 aromatic carbocycles. The van der Waals surface area contributed by atoms with Crippen LogP contribution in [-0.4, -0.2) is 31.2 Å². The van der Waals surface area contributed by atoms with Crippen LogP contribution in [0.4, 0.5) is 0 Å². The summed E-state index contributed by atoms with van der Waals surface area (Å²) in [6.45, 7) is 4.90. The second-order valence-corrected chi connectivity index (χ2v) is 9.43. The molecule has 0 saturated heterocycles. The number of aryl methyl sites for hydroxylation is 2. The SMILES string of the molecule is C=C(C)C(=O)c1ccc(OCC(=O)NC2c3ccccc3CCc3cc(OCC=O)ccc32)c(Cl)c1Cl. The Morgan fingerprint density at radius 1 is 1.00 bits per heavy atom. The van der Waals surface area contributed by atoms with E-state index in [0.29, 0.717) is 17.6 Å². The molecular formula is C29H25Cl2NO5. The lowest BCUT2D eigenvalue weighted by atomic mass is 9.94. The summed E-state index contributed by atoms with van der Waals surface area (Å²) in [5, 5.41) is 3.18. The van der Waals surface area contributed by atoms with Gasteiger partial charge in [-0.1, -0.05) is 60.1 Å². The molecule has 4 rings (SSSR count). The van der Waals surface area contributed by atoms with Crippen molar-refractivity contribution in [3.63, 3.8) is 0 Å². The highest BCUT2D eigenvalue weighted by Crippen LogP contribution is 2.36. The molecule has 1 amide bonds. The van der Waals surface area contributed by atoms with E-state index in [9.17, 15) is 14.4 Å². The van der Waals surface area contributed by atoms with Crippen molar-refractivity contribution in [1.29, 1.82) is 0 Å². The van der Waals surface area contributed by atoms with Crippen LogP contribution < -0.4 is 14.8 Å². The van der Waals surface area contributed by atoms with Gasteiger partial charge < -0.3 is 14.8 Å². The van der Waals surface area contributed by atoms with Crippen LogP contribution in [0.3, 0.4) is 0 Å². The minimum absolute atomic E-state index is 0.0224. The number of carbonyl (C=O) groups is 3. The first kappa shape index (κ1) is 26.5. The monoisotopic (exact) mass is 537 g/mol. The standard InChI is InChI=1S/C29H25Cl2NO5/c1-17(2)29(35)23-11-12-24(27(31)26(23)30)37-16-25(34)32-28-21-6-4-3-5-18(21)7-8-19-15-20(36-14-13-33)9-10-22(19)28/h3-6,9-13,15,28H,1,7-8,14,16H2,2H3,(H,32,34). The molecule has 1 atom stereocenters. The third-order valence-electron chi connectivity index (χ3n) is 6.12. The number of benzene rings is 3. The van der Waals surface area contributed by atoms with Crippen molar-refractivity contribution in [2.24, 2.45) is 0 Å². The second-order valence-electron chi connectivity index (χ2n) is 8.67. The normalized spacial score (nSPS) is 14.0. The Labute approximate surface area is 225 Å². The van der Waals surface area contributed by atoms with Gasteiger partial charge in [-0.15, -0.1) is 0 Å². The molecule has 1 N–H and O–H groups in total. The van der Waals surface area contributed by atoms with Crippen LogP contribution in [0.25, 0.3) is 0 Å². The summed E-state index contributed by atoms with van der Waals surface area (Å²) in [7, 11) is 0. The third kappa shape index (κ3) is 5.87. The molecule has 1 aliphatic carbocycles. The zero-order chi connectivity index (χ0) is 26.5. The summed E-state index contributed by atoms with van der Waals surface area (Å²) < 4.78 is 11.1. The van der Waals surface area contributed by atoms with E-state index in [1.807, 2.05) is 30.3 Å². The molecule has 8 heteroatoms. The number of Topliss-reactive ketones (excluding diaryl/α,β-unsaturated/α-hetero) is 1. The van der Waals surface area contributed by atoms with Gasteiger partial charge >= 0.3 is 0 Å². The fraction of sp³-hybridized carbons (Fsp3) is 0.207. The zero-order valence-electron chi connectivity index (χ0n) is 20.2. The third-order valence-corrected chi connectivity index (χ3v) is 6.98. The van der Waals surface area contributed by atoms with Crippen LogP contribution >= 0.6 is 23.2 Å². The highest BCUT2D eigenvalue weighted by atomic mass is 35.5. The fourth-order valence-electron chi connectivity index (χ4n) is 4.33. The van der Waals surface area contributed by atoms with Crippen molar-refractivity contribution in [1.82, 2.24) is 5.32 Å². The molecule has 1 unspecified atom stereocenters. The molecule has 0 aliphatic heterocycles. The average Bonchev–Trinajstić information content (AvgIpc) is 3.04. The number of ketones is 1. The summed E-state index contributed by atoms with van der Waals surface area (Å²) in [6, 6.07) is 16.2. The van der Waals surface area contributed by atoms with E-state index in [-0.39, 0.29) is 46.3 Å². The molecule has 0 fully saturated rings. The van der Waals surface area contributed by atoms with E-state index >= 15 is 0 Å². The van der Waals surface area contributed by atoms with Crippen molar-refractivity contribution >= 4 is 41.2 Å². The molecule has 0 saturated carbocycles.